The third-order valence-electron chi connectivity index (χ3n) is 2.77. The topological polar surface area (TPSA) is 49.8 Å². The summed E-state index contributed by atoms with van der Waals surface area (Å²) in [5.41, 5.74) is 0.586. The number of hydrogen-bond donors (Lipinski definition) is 1. The zero-order chi connectivity index (χ0) is 13.1. The van der Waals surface area contributed by atoms with E-state index in [9.17, 15) is 9.18 Å². The first kappa shape index (κ1) is 12.6. The van der Waals surface area contributed by atoms with Gasteiger partial charge in [-0.2, -0.15) is 0 Å². The molecule has 0 unspecified atom stereocenters. The Morgan fingerprint density at radius 2 is 2.28 bits per heavy atom. The van der Waals surface area contributed by atoms with E-state index in [1.54, 1.807) is 6.07 Å². The van der Waals surface area contributed by atoms with E-state index in [1.165, 1.54) is 36.3 Å². The summed E-state index contributed by atoms with van der Waals surface area (Å²) in [5, 5.41) is 9.07. The van der Waals surface area contributed by atoms with Crippen LogP contribution in [0.5, 0.6) is 5.75 Å². The molecule has 1 fully saturated rings. The minimum Gasteiger partial charge on any atom is -0.494 e. The third kappa shape index (κ3) is 2.68. The van der Waals surface area contributed by atoms with Crippen LogP contribution in [0.2, 0.25) is 0 Å². The van der Waals surface area contributed by atoms with Crippen molar-refractivity contribution in [3.63, 3.8) is 0 Å². The quantitative estimate of drug-likeness (QED) is 0.817. The predicted octanol–water partition coefficient (Wildman–Crippen LogP) is 1.05. The van der Waals surface area contributed by atoms with Crippen molar-refractivity contribution in [1.82, 2.24) is 4.90 Å². The van der Waals surface area contributed by atoms with Crippen LogP contribution in [0.1, 0.15) is 5.56 Å². The second-order valence-corrected chi connectivity index (χ2v) is 4.12. The van der Waals surface area contributed by atoms with Crippen LogP contribution in [0, 0.1) is 5.82 Å². The Morgan fingerprint density at radius 3 is 2.83 bits per heavy atom. The molecular formula is C13H14FNO3. The molecule has 0 atom stereocenters. The molecule has 0 spiro atoms. The normalized spacial score (nSPS) is 15.8. The molecule has 0 radical (unpaired) electrons. The number of β-amino-alcohol motifs (C(OH)–C–C–N with tert-alkyl or cyclic N) is 1. The number of benzene rings is 1. The number of aliphatic hydroxyl groups is 1. The summed E-state index contributed by atoms with van der Waals surface area (Å²) < 4.78 is 18.2. The number of amides is 1. The Balaban J connectivity index is 2.00. The maximum absolute atomic E-state index is 13.4. The molecule has 96 valence electrons. The van der Waals surface area contributed by atoms with E-state index in [-0.39, 0.29) is 11.7 Å². The minimum absolute atomic E-state index is 0.171. The number of halogens is 1. The lowest BCUT2D eigenvalue weighted by Gasteiger charge is -2.34. The molecular weight excluding hydrogens is 237 g/mol. The molecule has 4 nitrogen and oxygen atoms in total. The van der Waals surface area contributed by atoms with Crippen LogP contribution >= 0.6 is 0 Å². The number of carbonyl (C=O) groups excluding carboxylic acids is 1. The predicted molar refractivity (Wildman–Crippen MR) is 64.6 cm³/mol. The number of ether oxygens (including phenoxy) is 1. The van der Waals surface area contributed by atoms with Gasteiger partial charge in [-0.25, -0.2) is 4.39 Å². The van der Waals surface area contributed by atoms with Crippen LogP contribution in [0.25, 0.3) is 6.08 Å². The largest absolute Gasteiger partial charge is 0.494 e. The van der Waals surface area contributed by atoms with E-state index in [0.29, 0.717) is 18.7 Å². The molecule has 1 heterocycles. The number of nitrogens with zero attached hydrogens (tertiary/aromatic N) is 1. The number of methoxy groups -OCH3 is 1. The molecule has 1 N–H and O–H groups in total. The van der Waals surface area contributed by atoms with Gasteiger partial charge in [0.2, 0.25) is 5.91 Å². The van der Waals surface area contributed by atoms with E-state index in [0.717, 1.165) is 0 Å². The molecule has 1 aromatic carbocycles. The monoisotopic (exact) mass is 251 g/mol. The van der Waals surface area contributed by atoms with Crippen molar-refractivity contribution in [2.24, 2.45) is 0 Å². The lowest BCUT2D eigenvalue weighted by Crippen LogP contribution is -2.52. The molecule has 5 heteroatoms. The maximum atomic E-state index is 13.4. The smallest absolute Gasteiger partial charge is 0.246 e. The average molecular weight is 251 g/mol. The van der Waals surface area contributed by atoms with Crippen LogP contribution in [0.3, 0.4) is 0 Å². The van der Waals surface area contributed by atoms with Gasteiger partial charge in [-0.15, -0.1) is 0 Å². The summed E-state index contributed by atoms with van der Waals surface area (Å²) in [6.45, 7) is 0.723. The van der Waals surface area contributed by atoms with Gasteiger partial charge in [0, 0.05) is 19.2 Å². The van der Waals surface area contributed by atoms with Crippen LogP contribution < -0.4 is 4.74 Å². The highest BCUT2D eigenvalue weighted by molar-refractivity contribution is 5.92. The maximum Gasteiger partial charge on any atom is 0.246 e. The van der Waals surface area contributed by atoms with Gasteiger partial charge in [-0.1, -0.05) is 6.07 Å². The van der Waals surface area contributed by atoms with E-state index < -0.39 is 11.9 Å². The fraction of sp³-hybridized carbons (Fsp3) is 0.308. The Morgan fingerprint density at radius 1 is 1.56 bits per heavy atom. The number of hydrogen-bond acceptors (Lipinski definition) is 3. The van der Waals surface area contributed by atoms with Gasteiger partial charge < -0.3 is 14.7 Å². The van der Waals surface area contributed by atoms with Gasteiger partial charge in [0.05, 0.1) is 13.2 Å². The molecule has 0 aliphatic carbocycles. The van der Waals surface area contributed by atoms with Crippen LogP contribution in [0.15, 0.2) is 24.3 Å². The summed E-state index contributed by atoms with van der Waals surface area (Å²) >= 11 is 0. The van der Waals surface area contributed by atoms with Crippen LogP contribution in [-0.4, -0.2) is 42.2 Å². The number of rotatable bonds is 3. The van der Waals surface area contributed by atoms with Gasteiger partial charge in [-0.3, -0.25) is 4.79 Å². The number of aliphatic hydroxyl groups excluding tert-OH is 1. The molecule has 18 heavy (non-hydrogen) atoms. The zero-order valence-corrected chi connectivity index (χ0v) is 9.97. The van der Waals surface area contributed by atoms with Crippen LogP contribution in [0.4, 0.5) is 4.39 Å². The highest BCUT2D eigenvalue weighted by Gasteiger charge is 2.26. The van der Waals surface area contributed by atoms with Crippen molar-refractivity contribution < 1.29 is 19.0 Å². The van der Waals surface area contributed by atoms with E-state index in [1.807, 2.05) is 0 Å². The van der Waals surface area contributed by atoms with Crippen molar-refractivity contribution in [3.05, 3.63) is 35.7 Å². The fourth-order valence-corrected chi connectivity index (χ4v) is 1.69. The molecule has 2 rings (SSSR count). The van der Waals surface area contributed by atoms with Crippen LogP contribution in [-0.2, 0) is 4.79 Å². The fourth-order valence-electron chi connectivity index (χ4n) is 1.69. The molecule has 1 aliphatic heterocycles. The first-order valence-corrected chi connectivity index (χ1v) is 5.58. The molecule has 0 saturated carbocycles. The van der Waals surface area contributed by atoms with Crippen molar-refractivity contribution in [3.8, 4) is 5.75 Å². The minimum atomic E-state index is -0.466. The molecule has 0 bridgehead atoms. The molecule has 1 saturated heterocycles. The van der Waals surface area contributed by atoms with E-state index in [4.69, 9.17) is 9.84 Å². The molecule has 0 aromatic heterocycles. The molecule has 1 amide bonds. The SMILES string of the molecule is COc1ccc(/C=C/C(=O)N2CC(O)C2)cc1F. The van der Waals surface area contributed by atoms with Crippen molar-refractivity contribution in [1.29, 1.82) is 0 Å². The van der Waals surface area contributed by atoms with Gasteiger partial charge in [0.15, 0.2) is 11.6 Å². The lowest BCUT2D eigenvalue weighted by atomic mass is 10.1. The first-order valence-electron chi connectivity index (χ1n) is 5.58. The molecule has 1 aliphatic rings. The Kier molecular flexibility index (Phi) is 3.62. The lowest BCUT2D eigenvalue weighted by molar-refractivity contribution is -0.135. The van der Waals surface area contributed by atoms with Gasteiger partial charge in [0.1, 0.15) is 0 Å². The number of carbonyl (C=O) groups is 1. The Hall–Kier alpha value is -1.88. The van der Waals surface area contributed by atoms with Gasteiger partial charge in [0.25, 0.3) is 0 Å². The summed E-state index contributed by atoms with van der Waals surface area (Å²) in [4.78, 5) is 13.1. The van der Waals surface area contributed by atoms with Gasteiger partial charge >= 0.3 is 0 Å². The average Bonchev–Trinajstić information content (AvgIpc) is 2.32. The Bertz CT molecular complexity index is 481. The second-order valence-electron chi connectivity index (χ2n) is 4.12. The molecule has 1 aromatic rings. The van der Waals surface area contributed by atoms with Crippen molar-refractivity contribution in [2.75, 3.05) is 20.2 Å². The summed E-state index contributed by atoms with van der Waals surface area (Å²) in [5.74, 6) is -0.479. The van der Waals surface area contributed by atoms with E-state index in [2.05, 4.69) is 0 Å². The van der Waals surface area contributed by atoms with Crippen molar-refractivity contribution in [2.45, 2.75) is 6.10 Å². The van der Waals surface area contributed by atoms with Gasteiger partial charge in [-0.05, 0) is 23.8 Å². The third-order valence-corrected chi connectivity index (χ3v) is 2.77. The zero-order valence-electron chi connectivity index (χ0n) is 9.97. The Labute approximate surface area is 104 Å². The summed E-state index contributed by atoms with van der Waals surface area (Å²) in [6, 6.07) is 4.47. The van der Waals surface area contributed by atoms with Crippen molar-refractivity contribution >= 4 is 12.0 Å². The summed E-state index contributed by atoms with van der Waals surface area (Å²) in [7, 11) is 1.40. The number of likely N-dealkylation sites (tertiary alicyclic amines) is 1. The van der Waals surface area contributed by atoms with E-state index >= 15 is 0 Å². The summed E-state index contributed by atoms with van der Waals surface area (Å²) in [6.07, 6.45) is 2.49. The highest BCUT2D eigenvalue weighted by atomic mass is 19.1. The highest BCUT2D eigenvalue weighted by Crippen LogP contribution is 2.18. The second kappa shape index (κ2) is 5.18. The first-order chi connectivity index (χ1) is 8.60. The standard InChI is InChI=1S/C13H14FNO3/c1-18-12-4-2-9(6-11(12)14)3-5-13(17)15-7-10(16)8-15/h2-6,10,16H,7-8H2,1H3/b5-3+.